The molecular weight excluding hydrogens is 220 g/mol. The van der Waals surface area contributed by atoms with Crippen molar-refractivity contribution in [3.8, 4) is 0 Å². The summed E-state index contributed by atoms with van der Waals surface area (Å²) in [4.78, 5) is 24.7. The molecule has 1 atom stereocenters. The van der Waals surface area contributed by atoms with Crippen LogP contribution in [0.25, 0.3) is 0 Å². The minimum Gasteiger partial charge on any atom is -0.337 e. The zero-order chi connectivity index (χ0) is 12.3. The molecule has 1 aliphatic heterocycles. The third kappa shape index (κ3) is 2.71. The molecule has 1 amide bonds. The Balaban J connectivity index is 2.02. The number of likely N-dealkylation sites (tertiary alicyclic amines) is 1. The van der Waals surface area contributed by atoms with Gasteiger partial charge in [0.25, 0.3) is 11.5 Å². The largest absolute Gasteiger partial charge is 0.337 e. The monoisotopic (exact) mass is 236 g/mol. The molecule has 2 rings (SSSR count). The lowest BCUT2D eigenvalue weighted by Gasteiger charge is -2.15. The molecule has 0 saturated carbocycles. The van der Waals surface area contributed by atoms with Crippen molar-refractivity contribution in [3.63, 3.8) is 0 Å². The molecule has 1 aromatic heterocycles. The molecule has 1 unspecified atom stereocenters. The van der Waals surface area contributed by atoms with Gasteiger partial charge < -0.3 is 10.2 Å². The first-order valence-corrected chi connectivity index (χ1v) is 5.70. The van der Waals surface area contributed by atoms with Gasteiger partial charge in [-0.2, -0.15) is 5.10 Å². The van der Waals surface area contributed by atoms with Crippen molar-refractivity contribution in [2.24, 2.45) is 5.92 Å². The van der Waals surface area contributed by atoms with E-state index >= 15 is 0 Å². The quantitative estimate of drug-likeness (QED) is 0.738. The van der Waals surface area contributed by atoms with Crippen molar-refractivity contribution < 1.29 is 4.79 Å². The maximum Gasteiger partial charge on any atom is 0.274 e. The second kappa shape index (κ2) is 5.09. The third-order valence-electron chi connectivity index (χ3n) is 2.96. The van der Waals surface area contributed by atoms with Crippen LogP contribution in [0.15, 0.2) is 16.9 Å². The lowest BCUT2D eigenvalue weighted by atomic mass is 10.1. The van der Waals surface area contributed by atoms with E-state index in [2.05, 4.69) is 15.5 Å². The third-order valence-corrected chi connectivity index (χ3v) is 2.96. The molecule has 6 heteroatoms. The molecule has 2 N–H and O–H groups in total. The van der Waals surface area contributed by atoms with Gasteiger partial charge in [-0.05, 0) is 32.0 Å². The molecule has 0 bridgehead atoms. The number of hydrogen-bond acceptors (Lipinski definition) is 4. The fourth-order valence-corrected chi connectivity index (χ4v) is 2.10. The smallest absolute Gasteiger partial charge is 0.274 e. The zero-order valence-corrected chi connectivity index (χ0v) is 9.77. The Morgan fingerprint density at radius 2 is 2.47 bits per heavy atom. The van der Waals surface area contributed by atoms with Crippen molar-refractivity contribution in [3.05, 3.63) is 28.2 Å². The number of nitrogens with one attached hydrogen (secondary N) is 2. The highest BCUT2D eigenvalue weighted by molar-refractivity contribution is 5.92. The first kappa shape index (κ1) is 11.8. The number of H-pyrrole nitrogens is 1. The normalized spacial score (nSPS) is 19.6. The summed E-state index contributed by atoms with van der Waals surface area (Å²) in [6.45, 7) is 2.43. The Kier molecular flexibility index (Phi) is 3.53. The molecule has 1 aliphatic rings. The fourth-order valence-electron chi connectivity index (χ4n) is 2.10. The van der Waals surface area contributed by atoms with Crippen molar-refractivity contribution >= 4 is 5.91 Å². The van der Waals surface area contributed by atoms with Crippen molar-refractivity contribution in [2.45, 2.75) is 6.42 Å². The van der Waals surface area contributed by atoms with Crippen LogP contribution >= 0.6 is 0 Å². The van der Waals surface area contributed by atoms with Crippen LogP contribution in [0.1, 0.15) is 16.9 Å². The first-order chi connectivity index (χ1) is 8.20. The summed E-state index contributed by atoms with van der Waals surface area (Å²) < 4.78 is 0. The summed E-state index contributed by atoms with van der Waals surface area (Å²) in [5.41, 5.74) is 0.00531. The Morgan fingerprint density at radius 3 is 3.12 bits per heavy atom. The highest BCUT2D eigenvalue weighted by Crippen LogP contribution is 2.16. The molecule has 92 valence electrons. The van der Waals surface area contributed by atoms with E-state index in [0.29, 0.717) is 11.6 Å². The van der Waals surface area contributed by atoms with E-state index in [1.54, 1.807) is 4.90 Å². The second-order valence-corrected chi connectivity index (χ2v) is 4.27. The van der Waals surface area contributed by atoms with E-state index in [1.807, 2.05) is 7.05 Å². The number of rotatable bonds is 3. The number of nitrogens with zero attached hydrogens (tertiary/aromatic N) is 2. The molecule has 17 heavy (non-hydrogen) atoms. The van der Waals surface area contributed by atoms with E-state index in [4.69, 9.17) is 0 Å². The Hall–Kier alpha value is -1.69. The minimum atomic E-state index is -0.295. The number of hydrogen-bond donors (Lipinski definition) is 2. The number of aromatic nitrogens is 2. The predicted molar refractivity (Wildman–Crippen MR) is 62.8 cm³/mol. The van der Waals surface area contributed by atoms with E-state index in [-0.39, 0.29) is 11.5 Å². The molecular formula is C11H16N4O2. The Morgan fingerprint density at radius 1 is 1.65 bits per heavy atom. The lowest BCUT2D eigenvalue weighted by Crippen LogP contribution is -2.31. The highest BCUT2D eigenvalue weighted by atomic mass is 16.2. The fraction of sp³-hybridized carbons (Fsp3) is 0.545. The zero-order valence-electron chi connectivity index (χ0n) is 9.77. The minimum absolute atomic E-state index is 0.111. The van der Waals surface area contributed by atoms with E-state index in [0.717, 1.165) is 26.1 Å². The number of amides is 1. The molecule has 1 saturated heterocycles. The van der Waals surface area contributed by atoms with Gasteiger partial charge in [0.1, 0.15) is 5.69 Å². The van der Waals surface area contributed by atoms with Crippen LogP contribution in [0.2, 0.25) is 0 Å². The lowest BCUT2D eigenvalue weighted by molar-refractivity contribution is 0.0780. The summed E-state index contributed by atoms with van der Waals surface area (Å²) in [5, 5.41) is 9.14. The number of aromatic amines is 1. The maximum absolute atomic E-state index is 12.0. The van der Waals surface area contributed by atoms with Gasteiger partial charge in [0.2, 0.25) is 0 Å². The second-order valence-electron chi connectivity index (χ2n) is 4.27. The Bertz CT molecular complexity index is 437. The number of carbonyl (C=O) groups is 1. The summed E-state index contributed by atoms with van der Waals surface area (Å²) >= 11 is 0. The Labute approximate surface area is 99.0 Å². The summed E-state index contributed by atoms with van der Waals surface area (Å²) in [6, 6.07) is 2.79. The summed E-state index contributed by atoms with van der Waals surface area (Å²) in [7, 11) is 1.91. The van der Waals surface area contributed by atoms with Gasteiger partial charge >= 0.3 is 0 Å². The van der Waals surface area contributed by atoms with Crippen molar-refractivity contribution in [1.82, 2.24) is 20.4 Å². The van der Waals surface area contributed by atoms with Gasteiger partial charge in [-0.15, -0.1) is 0 Å². The standard InChI is InChI=1S/C11H16N4O2/c1-12-6-8-4-5-15(7-8)11(17)9-2-3-10(16)14-13-9/h2-3,8,12H,4-7H2,1H3,(H,14,16). The van der Waals surface area contributed by atoms with Gasteiger partial charge in [-0.1, -0.05) is 0 Å². The number of carbonyl (C=O) groups excluding carboxylic acids is 1. The molecule has 0 aromatic carbocycles. The summed E-state index contributed by atoms with van der Waals surface area (Å²) in [5.74, 6) is 0.395. The van der Waals surface area contributed by atoms with Crippen LogP contribution in [0, 0.1) is 5.92 Å². The average molecular weight is 236 g/mol. The van der Waals surface area contributed by atoms with Crippen LogP contribution in [0.3, 0.4) is 0 Å². The van der Waals surface area contributed by atoms with Gasteiger partial charge in [0, 0.05) is 19.2 Å². The van der Waals surface area contributed by atoms with Crippen LogP contribution in [0.4, 0.5) is 0 Å². The average Bonchev–Trinajstić information content (AvgIpc) is 2.78. The molecule has 1 aromatic rings. The molecule has 0 radical (unpaired) electrons. The first-order valence-electron chi connectivity index (χ1n) is 5.70. The van der Waals surface area contributed by atoms with E-state index in [1.165, 1.54) is 12.1 Å². The summed E-state index contributed by atoms with van der Waals surface area (Å²) in [6.07, 6.45) is 1.01. The van der Waals surface area contributed by atoms with Gasteiger partial charge in [0.15, 0.2) is 0 Å². The highest BCUT2D eigenvalue weighted by Gasteiger charge is 2.27. The van der Waals surface area contributed by atoms with E-state index < -0.39 is 0 Å². The maximum atomic E-state index is 12.0. The van der Waals surface area contributed by atoms with Crippen LogP contribution in [-0.2, 0) is 0 Å². The van der Waals surface area contributed by atoms with Crippen LogP contribution < -0.4 is 10.9 Å². The van der Waals surface area contributed by atoms with Crippen molar-refractivity contribution in [2.75, 3.05) is 26.7 Å². The van der Waals surface area contributed by atoms with E-state index in [9.17, 15) is 9.59 Å². The molecule has 2 heterocycles. The van der Waals surface area contributed by atoms with Crippen LogP contribution in [0.5, 0.6) is 0 Å². The molecule has 1 fully saturated rings. The molecule has 0 aliphatic carbocycles. The molecule has 6 nitrogen and oxygen atoms in total. The van der Waals surface area contributed by atoms with Crippen LogP contribution in [-0.4, -0.2) is 47.7 Å². The van der Waals surface area contributed by atoms with Gasteiger partial charge in [0.05, 0.1) is 0 Å². The van der Waals surface area contributed by atoms with Gasteiger partial charge in [-0.25, -0.2) is 5.10 Å². The topological polar surface area (TPSA) is 78.1 Å². The van der Waals surface area contributed by atoms with Gasteiger partial charge in [-0.3, -0.25) is 9.59 Å². The predicted octanol–water partition coefficient (Wildman–Crippen LogP) is -0.549. The molecule has 0 spiro atoms. The SMILES string of the molecule is CNCC1CCN(C(=O)c2ccc(=O)[nH]n2)C1. The van der Waals surface area contributed by atoms with Crippen molar-refractivity contribution in [1.29, 1.82) is 0 Å².